The number of unbranched alkanes of at least 4 members (excludes halogenated alkanes) is 3. The summed E-state index contributed by atoms with van der Waals surface area (Å²) in [4.78, 5) is 0. The molecule has 0 fully saturated rings. The molecule has 2 aliphatic rings. The topological polar surface area (TPSA) is 14.2 Å². The molecule has 0 spiro atoms. The van der Waals surface area contributed by atoms with Crippen molar-refractivity contribution >= 4 is 19.0 Å². The Bertz CT molecular complexity index is 2320. The van der Waals surface area contributed by atoms with Crippen LogP contribution in [0.25, 0.3) is 33.3 Å². The molecule has 8 heteroatoms. The molecule has 278 valence electrons. The van der Waals surface area contributed by atoms with Crippen LogP contribution < -0.4 is 0 Å². The minimum Gasteiger partial charge on any atom is -0.376 e. The van der Waals surface area contributed by atoms with Gasteiger partial charge in [-0.25, -0.2) is 22.0 Å². The Hall–Kier alpha value is -4.53. The van der Waals surface area contributed by atoms with Gasteiger partial charge < -0.3 is 9.30 Å². The van der Waals surface area contributed by atoms with Gasteiger partial charge in [0.15, 0.2) is 23.3 Å². The first-order valence-corrected chi connectivity index (χ1v) is 21.8. The molecule has 1 heterocycles. The van der Waals surface area contributed by atoms with Crippen molar-refractivity contribution < 1.29 is 26.7 Å². The quantitative estimate of drug-likeness (QED) is 0.0423. The molecule has 6 aromatic rings. The van der Waals surface area contributed by atoms with Gasteiger partial charge in [0.2, 0.25) is 5.82 Å². The highest BCUT2D eigenvalue weighted by molar-refractivity contribution is 6.83. The van der Waals surface area contributed by atoms with Crippen LogP contribution in [0, 0.1) is 29.1 Å². The minimum absolute atomic E-state index is 0.0142. The fourth-order valence-corrected chi connectivity index (χ4v) is 15.3. The zero-order valence-corrected chi connectivity index (χ0v) is 32.1. The average molecular weight is 750 g/mol. The summed E-state index contributed by atoms with van der Waals surface area (Å²) in [6.45, 7) is 8.99. The number of hydrogen-bond donors (Lipinski definition) is 0. The molecule has 0 bridgehead atoms. The summed E-state index contributed by atoms with van der Waals surface area (Å²) in [5, 5.41) is 0.940. The molecule has 0 radical (unpaired) electrons. The van der Waals surface area contributed by atoms with Crippen LogP contribution >= 0.6 is 0 Å². The predicted octanol–water partition coefficient (Wildman–Crippen LogP) is 12.8. The fourth-order valence-electron chi connectivity index (χ4n) is 9.49. The molecular formula is C46H44F5NOSi. The second-order valence-electron chi connectivity index (χ2n) is 16.2. The first-order valence-electron chi connectivity index (χ1n) is 18.9. The molecule has 1 aromatic heterocycles. The van der Waals surface area contributed by atoms with Crippen LogP contribution in [0.2, 0.25) is 12.6 Å². The zero-order valence-electron chi connectivity index (χ0n) is 31.1. The molecule has 0 amide bonds. The Morgan fingerprint density at radius 3 is 1.70 bits per heavy atom. The zero-order chi connectivity index (χ0) is 37.9. The van der Waals surface area contributed by atoms with E-state index in [1.807, 2.05) is 36.4 Å². The lowest BCUT2D eigenvalue weighted by Gasteiger charge is -2.41. The van der Waals surface area contributed by atoms with E-state index in [0.29, 0.717) is 5.52 Å². The Labute approximate surface area is 314 Å². The fraction of sp³-hybridized carbons (Fsp3) is 0.304. The maximum Gasteiger partial charge on any atom is 0.200 e. The summed E-state index contributed by atoms with van der Waals surface area (Å²) in [6, 6.07) is 34.5. The van der Waals surface area contributed by atoms with Gasteiger partial charge in [-0.05, 0) is 66.6 Å². The highest BCUT2D eigenvalue weighted by Gasteiger charge is 2.53. The van der Waals surface area contributed by atoms with E-state index in [0.717, 1.165) is 66.1 Å². The van der Waals surface area contributed by atoms with Gasteiger partial charge in [-0.15, -0.1) is 0 Å². The Morgan fingerprint density at radius 1 is 0.593 bits per heavy atom. The molecule has 2 atom stereocenters. The van der Waals surface area contributed by atoms with Crippen LogP contribution in [0.5, 0.6) is 0 Å². The molecule has 2 unspecified atom stereocenters. The average Bonchev–Trinajstić information content (AvgIpc) is 3.80. The van der Waals surface area contributed by atoms with Gasteiger partial charge in [-0.3, -0.25) is 0 Å². The molecule has 0 aliphatic heterocycles. The van der Waals surface area contributed by atoms with Gasteiger partial charge in [0.1, 0.15) is 0 Å². The summed E-state index contributed by atoms with van der Waals surface area (Å²) < 4.78 is 81.9. The molecular weight excluding hydrogens is 706 g/mol. The van der Waals surface area contributed by atoms with Gasteiger partial charge in [0.25, 0.3) is 0 Å². The monoisotopic (exact) mass is 749 g/mol. The molecule has 0 N–H and O–H groups in total. The van der Waals surface area contributed by atoms with Gasteiger partial charge in [0.05, 0.1) is 25.9 Å². The molecule has 0 saturated heterocycles. The standard InChI is InChI=1S/C46H44F5NOSi/c1-46(2,3)53-25-15-5-6-16-26-54(4,44-31-20-10-7-17-28(31)29-18-8-11-21-32(29)44)45-33-22-12-9-19-30(33)43-37(45)34-23-13-14-24-36(34)52(43)27-35-38(47)40(49)42(51)41(50)39(35)48/h7-14,17-24,44-45H,5-6,15-16,25-27H2,1-4H3. The van der Waals surface area contributed by atoms with E-state index in [1.54, 1.807) is 4.57 Å². The lowest BCUT2D eigenvalue weighted by atomic mass is 10.1. The van der Waals surface area contributed by atoms with Gasteiger partial charge in [0, 0.05) is 39.7 Å². The van der Waals surface area contributed by atoms with Crippen LogP contribution in [-0.4, -0.2) is 24.8 Å². The number of nitrogens with zero attached hydrogens (tertiary/aromatic N) is 1. The van der Waals surface area contributed by atoms with E-state index >= 15 is 8.78 Å². The lowest BCUT2D eigenvalue weighted by Crippen LogP contribution is -2.45. The van der Waals surface area contributed by atoms with Crippen LogP contribution in [0.3, 0.4) is 0 Å². The number of aromatic nitrogens is 1. The first kappa shape index (κ1) is 36.4. The van der Waals surface area contributed by atoms with E-state index < -0.39 is 49.3 Å². The number of fused-ring (bicyclic) bond motifs is 8. The molecule has 2 aliphatic carbocycles. The largest absolute Gasteiger partial charge is 0.376 e. The molecule has 8 rings (SSSR count). The number of benzene rings is 5. The van der Waals surface area contributed by atoms with Crippen molar-refractivity contribution in [2.24, 2.45) is 0 Å². The second-order valence-corrected chi connectivity index (χ2v) is 20.8. The third kappa shape index (κ3) is 5.93. The van der Waals surface area contributed by atoms with Crippen molar-refractivity contribution in [3.8, 4) is 22.4 Å². The first-order chi connectivity index (χ1) is 25.9. The summed E-state index contributed by atoms with van der Waals surface area (Å²) in [6.07, 6.45) is 4.16. The second kappa shape index (κ2) is 14.0. The minimum atomic E-state index is -2.59. The SMILES string of the molecule is CC(C)(C)OCCCCCC[Si](C)(C1c2ccccc2-c2ccccc21)C1c2ccccc2-c2c1c1ccccc1n2Cc1c(F)c(F)c(F)c(F)c1F. The van der Waals surface area contributed by atoms with Crippen molar-refractivity contribution in [2.45, 2.75) is 82.3 Å². The summed E-state index contributed by atoms with van der Waals surface area (Å²) in [5.74, 6) is -9.61. The third-order valence-corrected chi connectivity index (χ3v) is 17.0. The van der Waals surface area contributed by atoms with Crippen molar-refractivity contribution in [2.75, 3.05) is 6.61 Å². The number of rotatable bonds is 11. The van der Waals surface area contributed by atoms with Gasteiger partial charge in [-0.1, -0.05) is 123 Å². The van der Waals surface area contributed by atoms with Crippen molar-refractivity contribution in [1.29, 1.82) is 0 Å². The van der Waals surface area contributed by atoms with Crippen molar-refractivity contribution in [3.63, 3.8) is 0 Å². The van der Waals surface area contributed by atoms with Crippen LogP contribution in [0.1, 0.15) is 85.4 Å². The third-order valence-electron chi connectivity index (χ3n) is 11.7. The summed E-state index contributed by atoms with van der Waals surface area (Å²) in [5.41, 5.74) is 9.01. The number of hydrogen-bond acceptors (Lipinski definition) is 1. The predicted molar refractivity (Wildman–Crippen MR) is 209 cm³/mol. The van der Waals surface area contributed by atoms with Gasteiger partial charge in [-0.2, -0.15) is 0 Å². The van der Waals surface area contributed by atoms with E-state index in [4.69, 9.17) is 4.74 Å². The highest BCUT2D eigenvalue weighted by Crippen LogP contribution is 2.60. The van der Waals surface area contributed by atoms with Crippen molar-refractivity contribution in [3.05, 3.63) is 154 Å². The molecule has 0 saturated carbocycles. The summed E-state index contributed by atoms with van der Waals surface area (Å²) in [7, 11) is -2.59. The van der Waals surface area contributed by atoms with E-state index in [-0.39, 0.29) is 16.7 Å². The number of para-hydroxylation sites is 1. The van der Waals surface area contributed by atoms with Crippen LogP contribution in [0.4, 0.5) is 22.0 Å². The normalized spacial score (nSPS) is 16.0. The molecule has 2 nitrogen and oxygen atoms in total. The van der Waals surface area contributed by atoms with E-state index in [2.05, 4.69) is 88.0 Å². The Morgan fingerprint density at radius 2 is 1.09 bits per heavy atom. The maximum atomic E-state index is 15.4. The van der Waals surface area contributed by atoms with E-state index in [1.165, 1.54) is 22.3 Å². The Balaban J connectivity index is 1.30. The highest BCUT2D eigenvalue weighted by atomic mass is 28.3. The lowest BCUT2D eigenvalue weighted by molar-refractivity contribution is -0.00471. The molecule has 5 aromatic carbocycles. The van der Waals surface area contributed by atoms with Crippen LogP contribution in [0.15, 0.2) is 97.1 Å². The summed E-state index contributed by atoms with van der Waals surface area (Å²) >= 11 is 0. The van der Waals surface area contributed by atoms with Crippen LogP contribution in [-0.2, 0) is 11.3 Å². The van der Waals surface area contributed by atoms with Crippen molar-refractivity contribution in [1.82, 2.24) is 4.57 Å². The number of ether oxygens (including phenoxy) is 1. The smallest absolute Gasteiger partial charge is 0.200 e. The van der Waals surface area contributed by atoms with E-state index in [9.17, 15) is 13.2 Å². The number of halogens is 5. The van der Waals surface area contributed by atoms with Gasteiger partial charge >= 0.3 is 0 Å². The maximum absolute atomic E-state index is 15.4. The molecule has 54 heavy (non-hydrogen) atoms. The Kier molecular flexibility index (Phi) is 9.42.